The Hall–Kier alpha value is -2.33. The molecule has 0 aliphatic rings. The molecule has 2 rings (SSSR count). The zero-order valence-corrected chi connectivity index (χ0v) is 11.4. The SMILES string of the molecule is CN(Cc1cccc(O)c1)C(=O)c1ccc(CN)cc1. The summed E-state index contributed by atoms with van der Waals surface area (Å²) in [5, 5.41) is 9.42. The van der Waals surface area contributed by atoms with Crippen LogP contribution in [0.15, 0.2) is 48.5 Å². The average molecular weight is 270 g/mol. The maximum atomic E-state index is 12.3. The lowest BCUT2D eigenvalue weighted by molar-refractivity contribution is 0.0785. The number of nitrogens with zero attached hydrogens (tertiary/aromatic N) is 1. The van der Waals surface area contributed by atoms with Gasteiger partial charge in [0.1, 0.15) is 5.75 Å². The highest BCUT2D eigenvalue weighted by atomic mass is 16.3. The lowest BCUT2D eigenvalue weighted by Crippen LogP contribution is -2.26. The van der Waals surface area contributed by atoms with Crippen LogP contribution < -0.4 is 5.73 Å². The average Bonchev–Trinajstić information content (AvgIpc) is 2.46. The van der Waals surface area contributed by atoms with Crippen LogP contribution in [0.2, 0.25) is 0 Å². The van der Waals surface area contributed by atoms with E-state index in [-0.39, 0.29) is 11.7 Å². The Morgan fingerprint density at radius 1 is 1.15 bits per heavy atom. The van der Waals surface area contributed by atoms with Gasteiger partial charge in [0.2, 0.25) is 0 Å². The van der Waals surface area contributed by atoms with Gasteiger partial charge >= 0.3 is 0 Å². The van der Waals surface area contributed by atoms with Crippen LogP contribution in [0.25, 0.3) is 0 Å². The minimum atomic E-state index is -0.0584. The van der Waals surface area contributed by atoms with Crippen LogP contribution >= 0.6 is 0 Å². The quantitative estimate of drug-likeness (QED) is 0.894. The highest BCUT2D eigenvalue weighted by molar-refractivity contribution is 5.94. The van der Waals surface area contributed by atoms with E-state index in [4.69, 9.17) is 5.73 Å². The number of amides is 1. The molecule has 0 unspecified atom stereocenters. The van der Waals surface area contributed by atoms with Gasteiger partial charge in [0, 0.05) is 25.7 Å². The first-order chi connectivity index (χ1) is 9.60. The summed E-state index contributed by atoms with van der Waals surface area (Å²) < 4.78 is 0. The normalized spacial score (nSPS) is 10.3. The monoisotopic (exact) mass is 270 g/mol. The largest absolute Gasteiger partial charge is 0.508 e. The summed E-state index contributed by atoms with van der Waals surface area (Å²) in [4.78, 5) is 13.9. The Bertz CT molecular complexity index is 594. The van der Waals surface area contributed by atoms with E-state index in [1.54, 1.807) is 42.3 Å². The Morgan fingerprint density at radius 2 is 1.85 bits per heavy atom. The smallest absolute Gasteiger partial charge is 0.253 e. The molecule has 4 nitrogen and oxygen atoms in total. The number of benzene rings is 2. The summed E-state index contributed by atoms with van der Waals surface area (Å²) in [6, 6.07) is 14.2. The van der Waals surface area contributed by atoms with Crippen LogP contribution in [-0.2, 0) is 13.1 Å². The molecule has 2 aromatic rings. The fraction of sp³-hybridized carbons (Fsp3) is 0.188. The minimum absolute atomic E-state index is 0.0584. The van der Waals surface area contributed by atoms with Crippen molar-refractivity contribution in [2.24, 2.45) is 5.73 Å². The molecular formula is C16H18N2O2. The number of aromatic hydroxyl groups is 1. The van der Waals surface area contributed by atoms with Gasteiger partial charge in [-0.25, -0.2) is 0 Å². The third-order valence-electron chi connectivity index (χ3n) is 3.11. The molecular weight excluding hydrogens is 252 g/mol. The predicted molar refractivity (Wildman–Crippen MR) is 78.2 cm³/mol. The maximum Gasteiger partial charge on any atom is 0.253 e. The molecule has 0 saturated heterocycles. The fourth-order valence-electron chi connectivity index (χ4n) is 2.00. The minimum Gasteiger partial charge on any atom is -0.508 e. The molecule has 0 atom stereocenters. The number of phenolic OH excluding ortho intramolecular Hbond substituents is 1. The van der Waals surface area contributed by atoms with Crippen LogP contribution in [-0.4, -0.2) is 23.0 Å². The zero-order valence-electron chi connectivity index (χ0n) is 11.4. The van der Waals surface area contributed by atoms with Crippen molar-refractivity contribution in [3.05, 3.63) is 65.2 Å². The van der Waals surface area contributed by atoms with E-state index in [0.717, 1.165) is 11.1 Å². The fourth-order valence-corrected chi connectivity index (χ4v) is 2.00. The molecule has 0 aliphatic carbocycles. The zero-order chi connectivity index (χ0) is 14.5. The number of hydrogen-bond acceptors (Lipinski definition) is 3. The van der Waals surface area contributed by atoms with E-state index < -0.39 is 0 Å². The Labute approximate surface area is 118 Å². The third-order valence-corrected chi connectivity index (χ3v) is 3.11. The summed E-state index contributed by atoms with van der Waals surface area (Å²) in [5.74, 6) is 0.146. The van der Waals surface area contributed by atoms with E-state index in [9.17, 15) is 9.90 Å². The van der Waals surface area contributed by atoms with Gasteiger partial charge in [0.25, 0.3) is 5.91 Å². The Morgan fingerprint density at radius 3 is 2.45 bits per heavy atom. The summed E-state index contributed by atoms with van der Waals surface area (Å²) in [6.45, 7) is 0.916. The van der Waals surface area contributed by atoms with E-state index >= 15 is 0 Å². The maximum absolute atomic E-state index is 12.3. The molecule has 20 heavy (non-hydrogen) atoms. The van der Waals surface area contributed by atoms with E-state index in [1.165, 1.54) is 0 Å². The van der Waals surface area contributed by atoms with E-state index in [1.807, 2.05) is 18.2 Å². The molecule has 1 amide bonds. The molecule has 0 saturated carbocycles. The lowest BCUT2D eigenvalue weighted by atomic mass is 10.1. The summed E-state index contributed by atoms with van der Waals surface area (Å²) in [6.07, 6.45) is 0. The molecule has 0 fully saturated rings. The van der Waals surface area contributed by atoms with Crippen molar-refractivity contribution in [3.63, 3.8) is 0 Å². The summed E-state index contributed by atoms with van der Waals surface area (Å²) >= 11 is 0. The van der Waals surface area contributed by atoms with Crippen LogP contribution in [0.4, 0.5) is 0 Å². The van der Waals surface area contributed by atoms with Gasteiger partial charge in [0.15, 0.2) is 0 Å². The molecule has 0 radical (unpaired) electrons. The van der Waals surface area contributed by atoms with Crippen molar-refractivity contribution < 1.29 is 9.90 Å². The van der Waals surface area contributed by atoms with E-state index in [2.05, 4.69) is 0 Å². The van der Waals surface area contributed by atoms with Crippen molar-refractivity contribution in [1.29, 1.82) is 0 Å². The first-order valence-corrected chi connectivity index (χ1v) is 6.42. The number of carbonyl (C=O) groups excluding carboxylic acids is 1. The van der Waals surface area contributed by atoms with Crippen molar-refractivity contribution in [3.8, 4) is 5.75 Å². The lowest BCUT2D eigenvalue weighted by Gasteiger charge is -2.17. The number of carbonyl (C=O) groups is 1. The van der Waals surface area contributed by atoms with E-state index in [0.29, 0.717) is 18.7 Å². The van der Waals surface area contributed by atoms with Gasteiger partial charge < -0.3 is 15.7 Å². The topological polar surface area (TPSA) is 66.6 Å². The number of hydrogen-bond donors (Lipinski definition) is 2. The third kappa shape index (κ3) is 3.36. The second kappa shape index (κ2) is 6.21. The van der Waals surface area contributed by atoms with Crippen molar-refractivity contribution in [2.45, 2.75) is 13.1 Å². The van der Waals surface area contributed by atoms with Gasteiger partial charge in [-0.3, -0.25) is 4.79 Å². The van der Waals surface area contributed by atoms with Gasteiger partial charge in [-0.05, 0) is 35.4 Å². The highest BCUT2D eigenvalue weighted by Crippen LogP contribution is 2.14. The molecule has 0 aliphatic heterocycles. The molecule has 0 bridgehead atoms. The van der Waals surface area contributed by atoms with Gasteiger partial charge in [-0.15, -0.1) is 0 Å². The molecule has 3 N–H and O–H groups in total. The molecule has 0 heterocycles. The second-order valence-electron chi connectivity index (χ2n) is 4.73. The summed E-state index contributed by atoms with van der Waals surface area (Å²) in [5.41, 5.74) is 8.05. The van der Waals surface area contributed by atoms with Crippen LogP contribution in [0.1, 0.15) is 21.5 Å². The molecule has 0 spiro atoms. The first-order valence-electron chi connectivity index (χ1n) is 6.42. The first kappa shape index (κ1) is 14.1. The van der Waals surface area contributed by atoms with Crippen molar-refractivity contribution >= 4 is 5.91 Å². The number of phenols is 1. The predicted octanol–water partition coefficient (Wildman–Crippen LogP) is 2.12. The van der Waals surface area contributed by atoms with Gasteiger partial charge in [-0.2, -0.15) is 0 Å². The number of nitrogens with two attached hydrogens (primary N) is 1. The van der Waals surface area contributed by atoms with Crippen LogP contribution in [0.3, 0.4) is 0 Å². The second-order valence-corrected chi connectivity index (χ2v) is 4.73. The molecule has 0 aromatic heterocycles. The van der Waals surface area contributed by atoms with Gasteiger partial charge in [-0.1, -0.05) is 24.3 Å². The number of rotatable bonds is 4. The van der Waals surface area contributed by atoms with Crippen molar-refractivity contribution in [1.82, 2.24) is 4.90 Å². The molecule has 4 heteroatoms. The standard InChI is InChI=1S/C16H18N2O2/c1-18(11-13-3-2-4-15(19)9-13)16(20)14-7-5-12(10-17)6-8-14/h2-9,19H,10-11,17H2,1H3. The van der Waals surface area contributed by atoms with Gasteiger partial charge in [0.05, 0.1) is 0 Å². The highest BCUT2D eigenvalue weighted by Gasteiger charge is 2.12. The Kier molecular flexibility index (Phi) is 4.38. The van der Waals surface area contributed by atoms with Crippen molar-refractivity contribution in [2.75, 3.05) is 7.05 Å². The molecule has 2 aromatic carbocycles. The summed E-state index contributed by atoms with van der Waals surface area (Å²) in [7, 11) is 1.74. The van der Waals surface area contributed by atoms with Crippen LogP contribution in [0.5, 0.6) is 5.75 Å². The Balaban J connectivity index is 2.07. The van der Waals surface area contributed by atoms with Crippen LogP contribution in [0, 0.1) is 0 Å². The molecule has 104 valence electrons.